The second-order valence-corrected chi connectivity index (χ2v) is 4.98. The van der Waals surface area contributed by atoms with Gasteiger partial charge in [0.25, 0.3) is 0 Å². The molecule has 0 atom stereocenters. The van der Waals surface area contributed by atoms with Crippen LogP contribution in [0, 0.1) is 0 Å². The van der Waals surface area contributed by atoms with Crippen LogP contribution < -0.4 is 5.14 Å². The first-order chi connectivity index (χ1) is 9.55. The smallest absolute Gasteiger partial charge is 0.161 e. The van der Waals surface area contributed by atoms with Crippen molar-refractivity contribution in [3.63, 3.8) is 0 Å². The van der Waals surface area contributed by atoms with Crippen LogP contribution in [0.5, 0.6) is 0 Å². The molecule has 0 aliphatic rings. The first kappa shape index (κ1) is 19.4. The minimum atomic E-state index is -1.42. The summed E-state index contributed by atoms with van der Waals surface area (Å²) < 4.78 is 4.97. The van der Waals surface area contributed by atoms with Gasteiger partial charge in [-0.15, -0.1) is 0 Å². The second kappa shape index (κ2) is 12.2. The summed E-state index contributed by atoms with van der Waals surface area (Å²) >= 11 is 0.948. The van der Waals surface area contributed by atoms with Crippen molar-refractivity contribution in [1.29, 1.82) is 0 Å². The molecule has 0 heterocycles. The molecule has 0 saturated heterocycles. The molecule has 0 aromatic heterocycles. The fourth-order valence-electron chi connectivity index (χ4n) is 1.43. The van der Waals surface area contributed by atoms with Crippen LogP contribution in [0.3, 0.4) is 0 Å². The van der Waals surface area contributed by atoms with Crippen molar-refractivity contribution in [1.82, 2.24) is 0 Å². The Balaban J connectivity index is 0.000000441. The fraction of sp³-hybridized carbons (Fsp3) is 0.600. The summed E-state index contributed by atoms with van der Waals surface area (Å²) in [5.41, 5.74) is 1.39. The molecule has 5 heteroatoms. The highest BCUT2D eigenvalue weighted by atomic mass is 32.2. The topological polar surface area (TPSA) is 75.7 Å². The number of nitrogens with two attached hydrogens (primary N) is 1. The summed E-state index contributed by atoms with van der Waals surface area (Å²) in [5.74, 6) is -1.42. The third kappa shape index (κ3) is 11.3. The maximum absolute atomic E-state index is 8.69. The number of unbranched alkanes of at least 4 members (excludes halogenated alkanes) is 1. The van der Waals surface area contributed by atoms with Crippen LogP contribution in [0.25, 0.3) is 0 Å². The number of aliphatic hydroxyl groups is 2. The van der Waals surface area contributed by atoms with Gasteiger partial charge >= 0.3 is 0 Å². The number of aryl methyl sites for hydroxylation is 1. The summed E-state index contributed by atoms with van der Waals surface area (Å²) in [6.45, 7) is 4.22. The molecule has 20 heavy (non-hydrogen) atoms. The third-order valence-corrected chi connectivity index (χ3v) is 3.29. The zero-order chi connectivity index (χ0) is 15.3. The number of hydrogen-bond acceptors (Lipinski definition) is 5. The molecular weight excluding hydrogens is 274 g/mol. The zero-order valence-electron chi connectivity index (χ0n) is 12.4. The first-order valence-corrected chi connectivity index (χ1v) is 7.83. The minimum absolute atomic E-state index is 0.406. The van der Waals surface area contributed by atoms with Gasteiger partial charge in [-0.25, -0.2) is 0 Å². The molecule has 1 aromatic rings. The molecule has 1 aromatic carbocycles. The van der Waals surface area contributed by atoms with Gasteiger partial charge in [0.05, 0.1) is 18.8 Å². The average molecular weight is 301 g/mol. The summed E-state index contributed by atoms with van der Waals surface area (Å²) in [6.07, 6.45) is 4.16. The van der Waals surface area contributed by atoms with E-state index in [-0.39, 0.29) is 0 Å². The van der Waals surface area contributed by atoms with Gasteiger partial charge in [0, 0.05) is 0 Å². The number of hydrogen-bond donors (Lipinski definition) is 3. The van der Waals surface area contributed by atoms with Gasteiger partial charge in [0.15, 0.2) is 5.79 Å². The number of rotatable bonds is 8. The average Bonchev–Trinajstić information content (AvgIpc) is 2.49. The molecule has 0 aliphatic carbocycles. The van der Waals surface area contributed by atoms with Crippen molar-refractivity contribution >= 4 is 12.2 Å². The Kier molecular flexibility index (Phi) is 11.8. The first-order valence-electron chi connectivity index (χ1n) is 7.02. The van der Waals surface area contributed by atoms with Crippen LogP contribution in [0.2, 0.25) is 0 Å². The zero-order valence-corrected chi connectivity index (χ0v) is 13.2. The van der Waals surface area contributed by atoms with Crippen LogP contribution >= 0.6 is 12.2 Å². The molecule has 4 nitrogen and oxygen atoms in total. The maximum atomic E-state index is 8.69. The molecule has 4 N–H and O–H groups in total. The number of benzene rings is 1. The van der Waals surface area contributed by atoms with Crippen molar-refractivity contribution in [2.45, 2.75) is 51.7 Å². The molecule has 0 bridgehead atoms. The molecule has 0 radical (unpaired) electrons. The fourth-order valence-corrected chi connectivity index (χ4v) is 1.65. The van der Waals surface area contributed by atoms with E-state index in [0.717, 1.165) is 38.1 Å². The standard InChI is InChI=1S/C10H15NOS.C5H12O2/c11-13-12-9-5-4-8-10-6-2-1-3-7-10;1-3-5(6,7)4-2/h1-3,6-7H,4-5,8-9,11H2;6-7H,3-4H2,1-2H3. The summed E-state index contributed by atoms with van der Waals surface area (Å²) in [4.78, 5) is 0. The minimum Gasteiger partial charge on any atom is -0.366 e. The van der Waals surface area contributed by atoms with Gasteiger partial charge in [-0.3, -0.25) is 5.14 Å². The van der Waals surface area contributed by atoms with Crippen LogP contribution in [0.15, 0.2) is 30.3 Å². The highest BCUT2D eigenvalue weighted by Gasteiger charge is 2.15. The van der Waals surface area contributed by atoms with E-state index in [9.17, 15) is 0 Å². The van der Waals surface area contributed by atoms with Crippen molar-refractivity contribution in [2.24, 2.45) is 5.14 Å². The largest absolute Gasteiger partial charge is 0.366 e. The molecule has 0 unspecified atom stereocenters. The summed E-state index contributed by atoms with van der Waals surface area (Å²) in [5, 5.41) is 22.5. The predicted octanol–water partition coefficient (Wildman–Crippen LogP) is 3.04. The highest BCUT2D eigenvalue weighted by molar-refractivity contribution is 7.92. The van der Waals surface area contributed by atoms with Crippen molar-refractivity contribution in [3.8, 4) is 0 Å². The maximum Gasteiger partial charge on any atom is 0.161 e. The molecule has 0 saturated carbocycles. The molecule has 0 spiro atoms. The van der Waals surface area contributed by atoms with Gasteiger partial charge in [-0.2, -0.15) is 0 Å². The van der Waals surface area contributed by atoms with Gasteiger partial charge in [-0.05, 0) is 37.7 Å². The van der Waals surface area contributed by atoms with Crippen molar-refractivity contribution < 1.29 is 14.4 Å². The van der Waals surface area contributed by atoms with E-state index in [1.54, 1.807) is 13.8 Å². The van der Waals surface area contributed by atoms with E-state index in [0.29, 0.717) is 12.8 Å². The Morgan fingerprint density at radius 1 is 1.10 bits per heavy atom. The van der Waals surface area contributed by atoms with Crippen LogP contribution in [-0.4, -0.2) is 22.6 Å². The van der Waals surface area contributed by atoms with Gasteiger partial charge < -0.3 is 14.4 Å². The second-order valence-electron chi connectivity index (χ2n) is 4.55. The quantitative estimate of drug-likeness (QED) is 0.298. The lowest BCUT2D eigenvalue weighted by atomic mass is 10.1. The Hall–Kier alpha value is -0.590. The summed E-state index contributed by atoms with van der Waals surface area (Å²) in [7, 11) is 0. The lowest BCUT2D eigenvalue weighted by Gasteiger charge is -2.15. The van der Waals surface area contributed by atoms with Gasteiger partial charge in [0.1, 0.15) is 0 Å². The van der Waals surface area contributed by atoms with Crippen LogP contribution in [0.1, 0.15) is 45.1 Å². The van der Waals surface area contributed by atoms with Gasteiger partial charge in [0.2, 0.25) is 0 Å². The molecular formula is C15H27NO3S. The molecule has 0 amide bonds. The Morgan fingerprint density at radius 3 is 2.15 bits per heavy atom. The third-order valence-electron chi connectivity index (χ3n) is 2.99. The lowest BCUT2D eigenvalue weighted by Crippen LogP contribution is -2.24. The van der Waals surface area contributed by atoms with E-state index < -0.39 is 5.79 Å². The highest BCUT2D eigenvalue weighted by Crippen LogP contribution is 2.07. The monoisotopic (exact) mass is 301 g/mol. The lowest BCUT2D eigenvalue weighted by molar-refractivity contribution is -0.163. The van der Waals surface area contributed by atoms with Crippen LogP contribution in [0.4, 0.5) is 0 Å². The molecule has 0 fully saturated rings. The van der Waals surface area contributed by atoms with E-state index in [2.05, 4.69) is 24.3 Å². The molecule has 0 aliphatic heterocycles. The SMILES string of the molecule is CCC(O)(O)CC.NSOCCCCc1ccccc1. The van der Waals surface area contributed by atoms with Crippen LogP contribution in [-0.2, 0) is 10.6 Å². The van der Waals surface area contributed by atoms with Crippen molar-refractivity contribution in [3.05, 3.63) is 35.9 Å². The van der Waals surface area contributed by atoms with E-state index in [1.807, 2.05) is 6.07 Å². The predicted molar refractivity (Wildman–Crippen MR) is 84.9 cm³/mol. The molecule has 116 valence electrons. The van der Waals surface area contributed by atoms with E-state index >= 15 is 0 Å². The van der Waals surface area contributed by atoms with E-state index in [1.165, 1.54) is 5.56 Å². The Labute approximate surface area is 126 Å². The van der Waals surface area contributed by atoms with E-state index in [4.69, 9.17) is 19.5 Å². The summed E-state index contributed by atoms with van der Waals surface area (Å²) in [6, 6.07) is 10.5. The van der Waals surface area contributed by atoms with Gasteiger partial charge in [-0.1, -0.05) is 44.2 Å². The molecule has 1 rings (SSSR count). The van der Waals surface area contributed by atoms with Crippen molar-refractivity contribution in [2.75, 3.05) is 6.61 Å². The normalized spacial score (nSPS) is 10.8. The Morgan fingerprint density at radius 2 is 1.70 bits per heavy atom. The Bertz CT molecular complexity index is 314.